The van der Waals surface area contributed by atoms with Crippen LogP contribution in [-0.2, 0) is 4.79 Å². The molecule has 0 aliphatic rings. The number of nitrogens with one attached hydrogen (secondary N) is 2. The van der Waals surface area contributed by atoms with Gasteiger partial charge < -0.3 is 10.6 Å². The van der Waals surface area contributed by atoms with Crippen LogP contribution in [0.1, 0.15) is 15.9 Å². The maximum absolute atomic E-state index is 14.0. The van der Waals surface area contributed by atoms with E-state index in [9.17, 15) is 14.0 Å². The van der Waals surface area contributed by atoms with Gasteiger partial charge in [0.2, 0.25) is 0 Å². The van der Waals surface area contributed by atoms with Crippen LogP contribution in [0.25, 0.3) is 6.08 Å². The normalized spacial score (nSPS) is 11.0. The van der Waals surface area contributed by atoms with Crippen LogP contribution in [0.2, 0.25) is 5.02 Å². The van der Waals surface area contributed by atoms with E-state index in [1.165, 1.54) is 18.2 Å². The Morgan fingerprint density at radius 2 is 1.61 bits per heavy atom. The van der Waals surface area contributed by atoms with Gasteiger partial charge in [-0.1, -0.05) is 54.1 Å². The average molecular weight is 395 g/mol. The molecule has 0 radical (unpaired) electrons. The second-order valence-electron chi connectivity index (χ2n) is 5.86. The highest BCUT2D eigenvalue weighted by Gasteiger charge is 2.16. The molecule has 0 aliphatic carbocycles. The number of carbonyl (C=O) groups excluding carboxylic acids is 2. The van der Waals surface area contributed by atoms with Crippen LogP contribution in [0.15, 0.2) is 84.6 Å². The maximum Gasteiger partial charge on any atom is 0.272 e. The summed E-state index contributed by atoms with van der Waals surface area (Å²) in [6.45, 7) is 0. The minimum Gasteiger partial charge on any atom is -0.321 e. The van der Waals surface area contributed by atoms with Gasteiger partial charge in [0.1, 0.15) is 11.5 Å². The highest BCUT2D eigenvalue weighted by atomic mass is 35.5. The molecule has 0 heterocycles. The number of halogens is 2. The first kappa shape index (κ1) is 19.3. The Morgan fingerprint density at radius 3 is 2.32 bits per heavy atom. The van der Waals surface area contributed by atoms with Gasteiger partial charge in [0, 0.05) is 21.8 Å². The van der Waals surface area contributed by atoms with E-state index in [1.54, 1.807) is 66.7 Å². The third-order valence-electron chi connectivity index (χ3n) is 3.82. The molecule has 2 amide bonds. The second-order valence-corrected chi connectivity index (χ2v) is 6.30. The predicted molar refractivity (Wildman–Crippen MR) is 108 cm³/mol. The van der Waals surface area contributed by atoms with Crippen LogP contribution in [0.3, 0.4) is 0 Å². The van der Waals surface area contributed by atoms with Crippen molar-refractivity contribution in [1.82, 2.24) is 5.32 Å². The van der Waals surface area contributed by atoms with Crippen molar-refractivity contribution in [3.05, 3.63) is 107 Å². The van der Waals surface area contributed by atoms with Crippen LogP contribution in [0, 0.1) is 5.82 Å². The molecular weight excluding hydrogens is 379 g/mol. The summed E-state index contributed by atoms with van der Waals surface area (Å²) in [4.78, 5) is 25.2. The molecule has 0 spiro atoms. The van der Waals surface area contributed by atoms with Gasteiger partial charge in [0.15, 0.2) is 0 Å². The van der Waals surface area contributed by atoms with Crippen LogP contribution in [0.5, 0.6) is 0 Å². The molecule has 0 unspecified atom stereocenters. The Kier molecular flexibility index (Phi) is 6.19. The number of rotatable bonds is 5. The Balaban J connectivity index is 1.91. The van der Waals surface area contributed by atoms with Crippen molar-refractivity contribution in [2.24, 2.45) is 0 Å². The van der Waals surface area contributed by atoms with Gasteiger partial charge in [-0.05, 0) is 42.5 Å². The minimum absolute atomic E-state index is 0.0982. The Bertz CT molecular complexity index is 1040. The fourth-order valence-corrected chi connectivity index (χ4v) is 2.65. The molecule has 3 aromatic carbocycles. The van der Waals surface area contributed by atoms with Crippen molar-refractivity contribution in [1.29, 1.82) is 0 Å². The van der Waals surface area contributed by atoms with Crippen LogP contribution >= 0.6 is 11.6 Å². The summed E-state index contributed by atoms with van der Waals surface area (Å²) < 4.78 is 14.0. The van der Waals surface area contributed by atoms with Crippen molar-refractivity contribution < 1.29 is 14.0 Å². The average Bonchev–Trinajstić information content (AvgIpc) is 2.69. The molecule has 0 aliphatic heterocycles. The van der Waals surface area contributed by atoms with Crippen molar-refractivity contribution >= 4 is 35.2 Å². The van der Waals surface area contributed by atoms with E-state index in [1.807, 2.05) is 0 Å². The molecule has 28 heavy (non-hydrogen) atoms. The van der Waals surface area contributed by atoms with Gasteiger partial charge in [0.05, 0.1) is 0 Å². The molecule has 0 aromatic heterocycles. The topological polar surface area (TPSA) is 58.2 Å². The largest absolute Gasteiger partial charge is 0.321 e. The summed E-state index contributed by atoms with van der Waals surface area (Å²) in [5, 5.41) is 5.65. The molecule has 4 nitrogen and oxygen atoms in total. The molecule has 3 aromatic rings. The highest BCUT2D eigenvalue weighted by Crippen LogP contribution is 2.17. The van der Waals surface area contributed by atoms with Crippen LogP contribution in [0.4, 0.5) is 10.1 Å². The van der Waals surface area contributed by atoms with E-state index >= 15 is 0 Å². The molecule has 140 valence electrons. The summed E-state index contributed by atoms with van der Waals surface area (Å²) >= 11 is 5.94. The van der Waals surface area contributed by atoms with Gasteiger partial charge in [-0.25, -0.2) is 4.39 Å². The minimum atomic E-state index is -0.602. The zero-order chi connectivity index (χ0) is 19.9. The number of hydrogen-bond donors (Lipinski definition) is 2. The van der Waals surface area contributed by atoms with Crippen LogP contribution in [-0.4, -0.2) is 11.8 Å². The smallest absolute Gasteiger partial charge is 0.272 e. The summed E-state index contributed by atoms with van der Waals surface area (Å²) in [5.74, 6) is -1.59. The van der Waals surface area contributed by atoms with Gasteiger partial charge >= 0.3 is 0 Å². The molecule has 3 rings (SSSR count). The van der Waals surface area contributed by atoms with Gasteiger partial charge in [-0.3, -0.25) is 9.59 Å². The maximum atomic E-state index is 14.0. The summed E-state index contributed by atoms with van der Waals surface area (Å²) in [5.41, 5.74) is 0.898. The van der Waals surface area contributed by atoms with Gasteiger partial charge in [-0.2, -0.15) is 0 Å². The summed E-state index contributed by atoms with van der Waals surface area (Å²) in [6.07, 6.45) is 1.29. The van der Waals surface area contributed by atoms with Crippen molar-refractivity contribution in [2.45, 2.75) is 0 Å². The van der Waals surface area contributed by atoms with E-state index in [0.717, 1.165) is 0 Å². The molecule has 6 heteroatoms. The fourth-order valence-electron chi connectivity index (χ4n) is 2.45. The molecule has 0 bridgehead atoms. The van der Waals surface area contributed by atoms with Gasteiger partial charge in [0.25, 0.3) is 11.8 Å². The van der Waals surface area contributed by atoms with E-state index < -0.39 is 17.6 Å². The third kappa shape index (κ3) is 5.05. The molecule has 2 N–H and O–H groups in total. The van der Waals surface area contributed by atoms with E-state index in [4.69, 9.17) is 11.6 Å². The monoisotopic (exact) mass is 394 g/mol. The first-order valence-electron chi connectivity index (χ1n) is 8.42. The predicted octanol–water partition coefficient (Wildman–Crippen LogP) is 4.89. The number of anilines is 1. The second kappa shape index (κ2) is 8.97. The number of benzene rings is 3. The summed E-state index contributed by atoms with van der Waals surface area (Å²) in [6, 6.07) is 21.0. The van der Waals surface area contributed by atoms with Crippen molar-refractivity contribution in [3.63, 3.8) is 0 Å². The van der Waals surface area contributed by atoms with Crippen molar-refractivity contribution in [2.75, 3.05) is 5.32 Å². The molecule has 0 atom stereocenters. The van der Waals surface area contributed by atoms with E-state index in [0.29, 0.717) is 16.3 Å². The SMILES string of the molecule is O=C(Nc1cccc(Cl)c1)/C(=C/c1ccccc1F)NC(=O)c1ccccc1. The lowest BCUT2D eigenvalue weighted by atomic mass is 10.1. The molecule has 0 fully saturated rings. The van der Waals surface area contributed by atoms with Crippen LogP contribution < -0.4 is 10.6 Å². The zero-order valence-electron chi connectivity index (χ0n) is 14.7. The quantitative estimate of drug-likeness (QED) is 0.605. The summed E-state index contributed by atoms with van der Waals surface area (Å²) in [7, 11) is 0. The van der Waals surface area contributed by atoms with Crippen molar-refractivity contribution in [3.8, 4) is 0 Å². The standard InChI is InChI=1S/C22H16ClFN2O2/c23-17-10-6-11-18(14-17)25-22(28)20(13-16-9-4-5-12-19(16)24)26-21(27)15-7-2-1-3-8-15/h1-14H,(H,25,28)(H,26,27)/b20-13-. The number of amides is 2. The lowest BCUT2D eigenvalue weighted by Gasteiger charge is -2.12. The number of hydrogen-bond acceptors (Lipinski definition) is 2. The fraction of sp³-hybridized carbons (Fsp3) is 0. The molecular formula is C22H16ClFN2O2. The highest BCUT2D eigenvalue weighted by molar-refractivity contribution is 6.31. The zero-order valence-corrected chi connectivity index (χ0v) is 15.4. The molecule has 0 saturated carbocycles. The lowest BCUT2D eigenvalue weighted by Crippen LogP contribution is -2.30. The lowest BCUT2D eigenvalue weighted by molar-refractivity contribution is -0.113. The first-order valence-corrected chi connectivity index (χ1v) is 8.80. The Hall–Kier alpha value is -3.44. The third-order valence-corrected chi connectivity index (χ3v) is 4.05. The Morgan fingerprint density at radius 1 is 0.893 bits per heavy atom. The number of carbonyl (C=O) groups is 2. The first-order chi connectivity index (χ1) is 13.5. The van der Waals surface area contributed by atoms with E-state index in [2.05, 4.69) is 10.6 Å². The van der Waals surface area contributed by atoms with Gasteiger partial charge in [-0.15, -0.1) is 0 Å². The van der Waals surface area contributed by atoms with E-state index in [-0.39, 0.29) is 11.3 Å². The Labute approximate surface area is 166 Å². The molecule has 0 saturated heterocycles.